The normalized spacial score (nSPS) is 16.9. The number of aromatic nitrogens is 1. The maximum Gasteiger partial charge on any atom is 0.133 e. The molecule has 19 heavy (non-hydrogen) atoms. The molecule has 1 aliphatic rings. The molecule has 0 bridgehead atoms. The summed E-state index contributed by atoms with van der Waals surface area (Å²) in [5.74, 6) is 1.10. The topological polar surface area (TPSA) is 37.4 Å². The van der Waals surface area contributed by atoms with Gasteiger partial charge in [-0.05, 0) is 48.8 Å². The van der Waals surface area contributed by atoms with Gasteiger partial charge in [-0.2, -0.15) is 0 Å². The molecule has 0 aliphatic carbocycles. The first-order valence-electron chi connectivity index (χ1n) is 6.90. The van der Waals surface area contributed by atoms with Crippen LogP contribution in [0.4, 0.5) is 5.82 Å². The van der Waals surface area contributed by atoms with Crippen molar-refractivity contribution in [1.82, 2.24) is 10.3 Å². The van der Waals surface area contributed by atoms with Crippen LogP contribution >= 0.6 is 15.9 Å². The molecule has 1 fully saturated rings. The van der Waals surface area contributed by atoms with Crippen LogP contribution in [0, 0.1) is 0 Å². The molecule has 106 valence electrons. The molecule has 0 amide bonds. The third kappa shape index (κ3) is 3.91. The molecule has 1 saturated heterocycles. The zero-order valence-corrected chi connectivity index (χ0v) is 13.2. The van der Waals surface area contributed by atoms with E-state index in [1.165, 1.54) is 5.56 Å². The van der Waals surface area contributed by atoms with Crippen LogP contribution in [-0.4, -0.2) is 37.8 Å². The van der Waals surface area contributed by atoms with Crippen molar-refractivity contribution in [1.29, 1.82) is 0 Å². The lowest BCUT2D eigenvalue weighted by atomic mass is 10.1. The van der Waals surface area contributed by atoms with E-state index in [0.29, 0.717) is 6.10 Å². The van der Waals surface area contributed by atoms with E-state index in [2.05, 4.69) is 44.1 Å². The molecule has 1 aliphatic heterocycles. The molecule has 5 heteroatoms. The fourth-order valence-corrected chi connectivity index (χ4v) is 2.93. The molecule has 0 spiro atoms. The van der Waals surface area contributed by atoms with Gasteiger partial charge in [0, 0.05) is 42.5 Å². The van der Waals surface area contributed by atoms with E-state index in [9.17, 15) is 0 Å². The summed E-state index contributed by atoms with van der Waals surface area (Å²) >= 11 is 3.49. The van der Waals surface area contributed by atoms with Gasteiger partial charge in [-0.25, -0.2) is 4.98 Å². The third-order valence-electron chi connectivity index (χ3n) is 3.42. The highest BCUT2D eigenvalue weighted by Gasteiger charge is 2.21. The Morgan fingerprint density at radius 1 is 1.47 bits per heavy atom. The van der Waals surface area contributed by atoms with E-state index in [0.717, 1.165) is 49.4 Å². The zero-order valence-electron chi connectivity index (χ0n) is 11.7. The molecular weight excluding hydrogens is 306 g/mol. The van der Waals surface area contributed by atoms with Crippen molar-refractivity contribution in [2.45, 2.75) is 32.4 Å². The van der Waals surface area contributed by atoms with E-state index in [4.69, 9.17) is 4.74 Å². The van der Waals surface area contributed by atoms with E-state index in [1.54, 1.807) is 0 Å². The number of nitrogens with one attached hydrogen (secondary N) is 1. The van der Waals surface area contributed by atoms with Crippen LogP contribution in [0.5, 0.6) is 0 Å². The number of pyridine rings is 1. The SMILES string of the molecule is CCOC1CCN(c2ncc(Br)cc2CNC)CC1. The first-order valence-corrected chi connectivity index (χ1v) is 7.69. The van der Waals surface area contributed by atoms with Crippen LogP contribution in [-0.2, 0) is 11.3 Å². The summed E-state index contributed by atoms with van der Waals surface area (Å²) in [6, 6.07) is 2.15. The molecule has 2 heterocycles. The summed E-state index contributed by atoms with van der Waals surface area (Å²) in [5.41, 5.74) is 1.24. The van der Waals surface area contributed by atoms with Gasteiger partial charge in [-0.3, -0.25) is 0 Å². The van der Waals surface area contributed by atoms with Crippen LogP contribution < -0.4 is 10.2 Å². The molecule has 0 unspecified atom stereocenters. The van der Waals surface area contributed by atoms with Gasteiger partial charge in [0.2, 0.25) is 0 Å². The van der Waals surface area contributed by atoms with Crippen LogP contribution in [0.1, 0.15) is 25.3 Å². The van der Waals surface area contributed by atoms with Crippen LogP contribution in [0.3, 0.4) is 0 Å². The van der Waals surface area contributed by atoms with E-state index in [-0.39, 0.29) is 0 Å². The molecule has 2 rings (SSSR count). The number of hydrogen-bond donors (Lipinski definition) is 1. The number of hydrogen-bond acceptors (Lipinski definition) is 4. The second-order valence-corrected chi connectivity index (χ2v) is 5.72. The van der Waals surface area contributed by atoms with Crippen LogP contribution in [0.2, 0.25) is 0 Å². The lowest BCUT2D eigenvalue weighted by molar-refractivity contribution is 0.0458. The predicted octanol–water partition coefficient (Wildman–Crippen LogP) is 2.57. The minimum Gasteiger partial charge on any atom is -0.378 e. The quantitative estimate of drug-likeness (QED) is 0.901. The zero-order chi connectivity index (χ0) is 13.7. The van der Waals surface area contributed by atoms with Gasteiger partial charge in [-0.1, -0.05) is 0 Å². The maximum absolute atomic E-state index is 5.70. The first-order chi connectivity index (χ1) is 9.24. The molecular formula is C14H22BrN3O. The first kappa shape index (κ1) is 14.8. The Labute approximate surface area is 123 Å². The lowest BCUT2D eigenvalue weighted by Gasteiger charge is -2.33. The Morgan fingerprint density at radius 2 is 2.21 bits per heavy atom. The molecule has 4 nitrogen and oxygen atoms in total. The minimum atomic E-state index is 0.421. The third-order valence-corrected chi connectivity index (χ3v) is 3.85. The summed E-state index contributed by atoms with van der Waals surface area (Å²) in [6.45, 7) is 5.76. The Balaban J connectivity index is 2.06. The minimum absolute atomic E-state index is 0.421. The predicted molar refractivity (Wildman–Crippen MR) is 81.6 cm³/mol. The number of rotatable bonds is 5. The van der Waals surface area contributed by atoms with Gasteiger partial charge in [0.25, 0.3) is 0 Å². The highest BCUT2D eigenvalue weighted by Crippen LogP contribution is 2.25. The Kier molecular flexibility index (Phi) is 5.60. The highest BCUT2D eigenvalue weighted by atomic mass is 79.9. The standard InChI is InChI=1S/C14H22BrN3O/c1-3-19-13-4-6-18(7-5-13)14-11(9-16-2)8-12(15)10-17-14/h8,10,13,16H,3-7,9H2,1-2H3. The number of halogens is 1. The molecule has 0 saturated carbocycles. The fraction of sp³-hybridized carbons (Fsp3) is 0.643. The second kappa shape index (κ2) is 7.22. The molecule has 0 radical (unpaired) electrons. The van der Waals surface area contributed by atoms with Crippen molar-refractivity contribution in [2.24, 2.45) is 0 Å². The van der Waals surface area contributed by atoms with Gasteiger partial charge in [0.15, 0.2) is 0 Å². The molecule has 1 N–H and O–H groups in total. The molecule has 0 aromatic carbocycles. The number of ether oxygens (including phenoxy) is 1. The molecule has 1 aromatic heterocycles. The van der Waals surface area contributed by atoms with Crippen molar-refractivity contribution in [2.75, 3.05) is 31.6 Å². The van der Waals surface area contributed by atoms with Gasteiger partial charge < -0.3 is 15.0 Å². The van der Waals surface area contributed by atoms with Crippen molar-refractivity contribution in [3.05, 3.63) is 22.3 Å². The van der Waals surface area contributed by atoms with Crippen LogP contribution in [0.15, 0.2) is 16.7 Å². The van der Waals surface area contributed by atoms with E-state index in [1.807, 2.05) is 13.2 Å². The van der Waals surface area contributed by atoms with Gasteiger partial charge in [0.1, 0.15) is 5.82 Å². The van der Waals surface area contributed by atoms with Crippen molar-refractivity contribution >= 4 is 21.7 Å². The largest absolute Gasteiger partial charge is 0.378 e. The Bertz CT molecular complexity index is 406. The number of anilines is 1. The summed E-state index contributed by atoms with van der Waals surface area (Å²) in [4.78, 5) is 6.96. The maximum atomic E-state index is 5.70. The van der Waals surface area contributed by atoms with Crippen molar-refractivity contribution in [3.63, 3.8) is 0 Å². The summed E-state index contributed by atoms with van der Waals surface area (Å²) < 4.78 is 6.73. The monoisotopic (exact) mass is 327 g/mol. The summed E-state index contributed by atoms with van der Waals surface area (Å²) in [6.07, 6.45) is 4.47. The summed E-state index contributed by atoms with van der Waals surface area (Å²) in [5, 5.41) is 3.21. The number of nitrogens with zero attached hydrogens (tertiary/aromatic N) is 2. The Morgan fingerprint density at radius 3 is 2.84 bits per heavy atom. The van der Waals surface area contributed by atoms with Gasteiger partial charge >= 0.3 is 0 Å². The van der Waals surface area contributed by atoms with Gasteiger partial charge in [0.05, 0.1) is 6.10 Å². The van der Waals surface area contributed by atoms with E-state index < -0.39 is 0 Å². The average Bonchev–Trinajstić information content (AvgIpc) is 2.41. The molecule has 1 aromatic rings. The molecule has 0 atom stereocenters. The van der Waals surface area contributed by atoms with Gasteiger partial charge in [-0.15, -0.1) is 0 Å². The number of piperidine rings is 1. The smallest absolute Gasteiger partial charge is 0.133 e. The van der Waals surface area contributed by atoms with Crippen molar-refractivity contribution < 1.29 is 4.74 Å². The fourth-order valence-electron chi connectivity index (χ4n) is 2.55. The Hall–Kier alpha value is -0.650. The average molecular weight is 328 g/mol. The second-order valence-electron chi connectivity index (χ2n) is 4.81. The van der Waals surface area contributed by atoms with Crippen LogP contribution in [0.25, 0.3) is 0 Å². The highest BCUT2D eigenvalue weighted by molar-refractivity contribution is 9.10. The lowest BCUT2D eigenvalue weighted by Crippen LogP contribution is -2.38. The summed E-state index contributed by atoms with van der Waals surface area (Å²) in [7, 11) is 1.96. The van der Waals surface area contributed by atoms with Crippen molar-refractivity contribution in [3.8, 4) is 0 Å². The van der Waals surface area contributed by atoms with E-state index >= 15 is 0 Å².